The molecule has 0 aliphatic carbocycles. The average molecular weight is 262 g/mol. The van der Waals surface area contributed by atoms with Gasteiger partial charge in [-0.2, -0.15) is 5.10 Å². The summed E-state index contributed by atoms with van der Waals surface area (Å²) in [6.07, 6.45) is 3.19. The third-order valence-electron chi connectivity index (χ3n) is 2.74. The summed E-state index contributed by atoms with van der Waals surface area (Å²) in [7, 11) is 0. The van der Waals surface area contributed by atoms with Crippen LogP contribution in [0.4, 0.5) is 15.8 Å². The van der Waals surface area contributed by atoms with E-state index in [2.05, 4.69) is 10.4 Å². The topological polar surface area (TPSA) is 72.9 Å². The van der Waals surface area contributed by atoms with Crippen LogP contribution in [0.25, 0.3) is 0 Å². The third kappa shape index (κ3) is 2.73. The van der Waals surface area contributed by atoms with E-state index in [0.717, 1.165) is 0 Å². The lowest BCUT2D eigenvalue weighted by Crippen LogP contribution is -2.14. The Labute approximate surface area is 110 Å². The van der Waals surface area contributed by atoms with E-state index in [1.807, 2.05) is 6.92 Å². The standard InChI is InChI=1S/C13H15FN4O/c1-3-18-7-10(6-16-18)17-13(19)11-5-9(15)4-8(2)12(11)14/h4-7H,3,15H2,1-2H3,(H,17,19). The van der Waals surface area contributed by atoms with Crippen LogP contribution < -0.4 is 11.1 Å². The van der Waals surface area contributed by atoms with Gasteiger partial charge in [0, 0.05) is 18.4 Å². The monoisotopic (exact) mass is 262 g/mol. The van der Waals surface area contributed by atoms with Gasteiger partial charge in [0.25, 0.3) is 5.91 Å². The van der Waals surface area contributed by atoms with Crippen molar-refractivity contribution in [3.05, 3.63) is 41.5 Å². The molecule has 0 aliphatic heterocycles. The quantitative estimate of drug-likeness (QED) is 0.833. The molecule has 100 valence electrons. The lowest BCUT2D eigenvalue weighted by Gasteiger charge is -2.07. The molecule has 0 saturated heterocycles. The fourth-order valence-corrected chi connectivity index (χ4v) is 1.76. The van der Waals surface area contributed by atoms with E-state index < -0.39 is 11.7 Å². The summed E-state index contributed by atoms with van der Waals surface area (Å²) in [6.45, 7) is 4.19. The molecular formula is C13H15FN4O. The Kier molecular flexibility index (Phi) is 3.50. The van der Waals surface area contributed by atoms with Crippen molar-refractivity contribution in [1.82, 2.24) is 9.78 Å². The smallest absolute Gasteiger partial charge is 0.258 e. The second-order valence-corrected chi connectivity index (χ2v) is 4.24. The molecule has 19 heavy (non-hydrogen) atoms. The van der Waals surface area contributed by atoms with E-state index in [0.29, 0.717) is 23.5 Å². The number of hydrogen-bond donors (Lipinski definition) is 2. The summed E-state index contributed by atoms with van der Waals surface area (Å²) in [4.78, 5) is 12.0. The zero-order valence-corrected chi connectivity index (χ0v) is 10.8. The molecule has 0 atom stereocenters. The van der Waals surface area contributed by atoms with Crippen molar-refractivity contribution in [3.63, 3.8) is 0 Å². The van der Waals surface area contributed by atoms with Gasteiger partial charge in [-0.05, 0) is 31.5 Å². The van der Waals surface area contributed by atoms with Crippen LogP contribution in [-0.4, -0.2) is 15.7 Å². The first kappa shape index (κ1) is 13.1. The number of halogens is 1. The van der Waals surface area contributed by atoms with E-state index >= 15 is 0 Å². The predicted octanol–water partition coefficient (Wildman–Crippen LogP) is 2.19. The summed E-state index contributed by atoms with van der Waals surface area (Å²) in [5.41, 5.74) is 6.77. The second kappa shape index (κ2) is 5.09. The Morgan fingerprint density at radius 2 is 2.26 bits per heavy atom. The average Bonchev–Trinajstić information content (AvgIpc) is 2.81. The maximum atomic E-state index is 13.9. The Morgan fingerprint density at radius 1 is 1.53 bits per heavy atom. The molecular weight excluding hydrogens is 247 g/mol. The number of nitrogens with zero attached hydrogens (tertiary/aromatic N) is 2. The van der Waals surface area contributed by atoms with Gasteiger partial charge in [0.05, 0.1) is 17.4 Å². The van der Waals surface area contributed by atoms with Gasteiger partial charge in [-0.25, -0.2) is 4.39 Å². The van der Waals surface area contributed by atoms with E-state index in [4.69, 9.17) is 5.73 Å². The SMILES string of the molecule is CCn1cc(NC(=O)c2cc(N)cc(C)c2F)cn1. The molecule has 0 bridgehead atoms. The molecule has 0 spiro atoms. The maximum absolute atomic E-state index is 13.9. The largest absolute Gasteiger partial charge is 0.399 e. The molecule has 0 radical (unpaired) electrons. The molecule has 0 saturated carbocycles. The second-order valence-electron chi connectivity index (χ2n) is 4.24. The number of anilines is 2. The number of amides is 1. The van der Waals surface area contributed by atoms with Crippen LogP contribution in [0.2, 0.25) is 0 Å². The number of benzene rings is 1. The van der Waals surface area contributed by atoms with E-state index in [9.17, 15) is 9.18 Å². The minimum atomic E-state index is -0.561. The van der Waals surface area contributed by atoms with Crippen molar-refractivity contribution < 1.29 is 9.18 Å². The van der Waals surface area contributed by atoms with E-state index in [1.165, 1.54) is 18.3 Å². The van der Waals surface area contributed by atoms with Crippen LogP contribution in [-0.2, 0) is 6.54 Å². The molecule has 0 fully saturated rings. The highest BCUT2D eigenvalue weighted by atomic mass is 19.1. The van der Waals surface area contributed by atoms with Gasteiger partial charge in [-0.15, -0.1) is 0 Å². The summed E-state index contributed by atoms with van der Waals surface area (Å²) >= 11 is 0. The number of carbonyl (C=O) groups is 1. The molecule has 3 N–H and O–H groups in total. The van der Waals surface area contributed by atoms with Gasteiger partial charge in [0.1, 0.15) is 5.82 Å². The first-order valence-corrected chi connectivity index (χ1v) is 5.90. The van der Waals surface area contributed by atoms with Gasteiger partial charge in [0.15, 0.2) is 0 Å². The Morgan fingerprint density at radius 3 is 2.89 bits per heavy atom. The molecule has 0 aliphatic rings. The number of hydrogen-bond acceptors (Lipinski definition) is 3. The normalized spacial score (nSPS) is 10.5. The molecule has 1 heterocycles. The van der Waals surface area contributed by atoms with Crippen LogP contribution in [0.1, 0.15) is 22.8 Å². The lowest BCUT2D eigenvalue weighted by molar-refractivity contribution is 0.102. The van der Waals surface area contributed by atoms with Crippen LogP contribution in [0, 0.1) is 12.7 Å². The Bertz CT molecular complexity index is 621. The molecule has 0 unspecified atom stereocenters. The van der Waals surface area contributed by atoms with Crippen molar-refractivity contribution in [3.8, 4) is 0 Å². The van der Waals surface area contributed by atoms with Crippen LogP contribution in [0.3, 0.4) is 0 Å². The highest BCUT2D eigenvalue weighted by Gasteiger charge is 2.15. The minimum absolute atomic E-state index is 0.0678. The maximum Gasteiger partial charge on any atom is 0.258 e. The fourth-order valence-electron chi connectivity index (χ4n) is 1.76. The minimum Gasteiger partial charge on any atom is -0.399 e. The van der Waals surface area contributed by atoms with Crippen LogP contribution in [0.5, 0.6) is 0 Å². The molecule has 6 heteroatoms. The summed E-state index contributed by atoms with van der Waals surface area (Å²) in [5.74, 6) is -1.10. The van der Waals surface area contributed by atoms with Crippen molar-refractivity contribution >= 4 is 17.3 Å². The lowest BCUT2D eigenvalue weighted by atomic mass is 10.1. The number of nitrogens with two attached hydrogens (primary N) is 1. The van der Waals surface area contributed by atoms with Crippen molar-refractivity contribution in [1.29, 1.82) is 0 Å². The van der Waals surface area contributed by atoms with Gasteiger partial charge in [0.2, 0.25) is 0 Å². The van der Waals surface area contributed by atoms with Crippen molar-refractivity contribution in [2.75, 3.05) is 11.1 Å². The molecule has 1 amide bonds. The number of aryl methyl sites for hydroxylation is 2. The number of rotatable bonds is 3. The van der Waals surface area contributed by atoms with Crippen molar-refractivity contribution in [2.45, 2.75) is 20.4 Å². The summed E-state index contributed by atoms with van der Waals surface area (Å²) in [5, 5.41) is 6.61. The number of nitrogens with one attached hydrogen (secondary N) is 1. The highest BCUT2D eigenvalue weighted by molar-refractivity contribution is 6.05. The predicted molar refractivity (Wildman–Crippen MR) is 71.4 cm³/mol. The molecule has 1 aromatic carbocycles. The van der Waals surface area contributed by atoms with Crippen molar-refractivity contribution in [2.24, 2.45) is 0 Å². The Balaban J connectivity index is 2.25. The van der Waals surface area contributed by atoms with Crippen LogP contribution in [0.15, 0.2) is 24.5 Å². The van der Waals surface area contributed by atoms with Gasteiger partial charge in [-0.3, -0.25) is 9.48 Å². The first-order chi connectivity index (χ1) is 9.01. The van der Waals surface area contributed by atoms with E-state index in [1.54, 1.807) is 17.8 Å². The summed E-state index contributed by atoms with van der Waals surface area (Å²) < 4.78 is 15.5. The third-order valence-corrected chi connectivity index (χ3v) is 2.74. The molecule has 1 aromatic heterocycles. The summed E-state index contributed by atoms with van der Waals surface area (Å²) in [6, 6.07) is 2.81. The zero-order valence-electron chi connectivity index (χ0n) is 10.8. The van der Waals surface area contributed by atoms with Gasteiger partial charge in [-0.1, -0.05) is 0 Å². The molecule has 2 aromatic rings. The van der Waals surface area contributed by atoms with Gasteiger partial charge < -0.3 is 11.1 Å². The number of nitrogen functional groups attached to an aromatic ring is 1. The number of carbonyl (C=O) groups excluding carboxylic acids is 1. The van der Waals surface area contributed by atoms with Crippen LogP contribution >= 0.6 is 0 Å². The molecule has 5 nitrogen and oxygen atoms in total. The first-order valence-electron chi connectivity index (χ1n) is 5.90. The zero-order chi connectivity index (χ0) is 14.0. The van der Waals surface area contributed by atoms with E-state index in [-0.39, 0.29) is 5.56 Å². The van der Waals surface area contributed by atoms with Gasteiger partial charge >= 0.3 is 0 Å². The molecule has 2 rings (SSSR count). The number of aromatic nitrogens is 2. The fraction of sp³-hybridized carbons (Fsp3) is 0.231. The Hall–Kier alpha value is -2.37. The highest BCUT2D eigenvalue weighted by Crippen LogP contribution is 2.18.